The summed E-state index contributed by atoms with van der Waals surface area (Å²) >= 11 is 0. The highest BCUT2D eigenvalue weighted by Crippen LogP contribution is 2.35. The van der Waals surface area contributed by atoms with Crippen LogP contribution in [0.5, 0.6) is 0 Å². The molecule has 0 spiro atoms. The fourth-order valence-corrected chi connectivity index (χ4v) is 4.06. The Morgan fingerprint density at radius 3 is 2.17 bits per heavy atom. The summed E-state index contributed by atoms with van der Waals surface area (Å²) in [5.41, 5.74) is 2.84. The van der Waals surface area contributed by atoms with Gasteiger partial charge in [0.05, 0.1) is 25.4 Å². The summed E-state index contributed by atoms with van der Waals surface area (Å²) < 4.78 is 44.9. The molecule has 5 nitrogen and oxygen atoms in total. The van der Waals surface area contributed by atoms with Crippen LogP contribution in [0.25, 0.3) is 11.1 Å². The molecular weight excluding hydrogens is 328 g/mol. The van der Waals surface area contributed by atoms with E-state index in [-0.39, 0.29) is 17.1 Å². The van der Waals surface area contributed by atoms with E-state index in [4.69, 9.17) is 9.47 Å². The molecule has 0 amide bonds. The Morgan fingerprint density at radius 2 is 1.58 bits per heavy atom. The molecule has 2 atom stereocenters. The Kier molecular flexibility index (Phi) is 3.92. The van der Waals surface area contributed by atoms with Crippen LogP contribution in [-0.4, -0.2) is 38.4 Å². The third kappa shape index (κ3) is 3.37. The molecule has 0 bridgehead atoms. The van der Waals surface area contributed by atoms with Crippen LogP contribution in [0.2, 0.25) is 0 Å². The van der Waals surface area contributed by atoms with Gasteiger partial charge >= 0.3 is 0 Å². The van der Waals surface area contributed by atoms with Crippen molar-refractivity contribution in [3.05, 3.63) is 53.6 Å². The van der Waals surface area contributed by atoms with Crippen molar-refractivity contribution in [2.75, 3.05) is 13.2 Å². The van der Waals surface area contributed by atoms with Gasteiger partial charge in [-0.3, -0.25) is 4.55 Å². The molecule has 126 valence electrons. The van der Waals surface area contributed by atoms with Gasteiger partial charge in [-0.15, -0.1) is 0 Å². The molecule has 0 saturated carbocycles. The molecule has 2 heterocycles. The summed E-state index contributed by atoms with van der Waals surface area (Å²) in [5.74, 6) is 0. The van der Waals surface area contributed by atoms with Crippen molar-refractivity contribution in [2.24, 2.45) is 0 Å². The lowest BCUT2D eigenvalue weighted by molar-refractivity contribution is 0.400. The smallest absolute Gasteiger partial charge is 0.295 e. The molecule has 2 unspecified atom stereocenters. The van der Waals surface area contributed by atoms with Crippen molar-refractivity contribution < 1.29 is 22.4 Å². The van der Waals surface area contributed by atoms with E-state index in [1.807, 2.05) is 36.4 Å². The molecule has 4 rings (SSSR count). The first-order valence-corrected chi connectivity index (χ1v) is 9.37. The predicted octanol–water partition coefficient (Wildman–Crippen LogP) is 2.48. The molecule has 6 heteroatoms. The first-order chi connectivity index (χ1) is 11.5. The maximum atomic E-state index is 12.2. The summed E-state index contributed by atoms with van der Waals surface area (Å²) in [6.45, 7) is 1.32. The SMILES string of the molecule is O=S(=O)(O)c1c(-c2ccccc2)ccc(CC2CO2)c1CC1CO1. The van der Waals surface area contributed by atoms with Crippen molar-refractivity contribution in [2.45, 2.75) is 29.9 Å². The second-order valence-corrected chi connectivity index (χ2v) is 7.60. The molecule has 2 aliphatic rings. The zero-order valence-corrected chi connectivity index (χ0v) is 13.8. The Balaban J connectivity index is 1.90. The first kappa shape index (κ1) is 15.8. The minimum absolute atomic E-state index is 0.00218. The van der Waals surface area contributed by atoms with Crippen LogP contribution in [0.4, 0.5) is 0 Å². The van der Waals surface area contributed by atoms with Gasteiger partial charge in [-0.05, 0) is 16.7 Å². The van der Waals surface area contributed by atoms with Crippen LogP contribution in [0, 0.1) is 0 Å². The van der Waals surface area contributed by atoms with Crippen molar-refractivity contribution in [1.82, 2.24) is 0 Å². The molecular formula is C18H18O5S. The first-order valence-electron chi connectivity index (χ1n) is 7.93. The summed E-state index contributed by atoms with van der Waals surface area (Å²) in [7, 11) is -4.36. The number of hydrogen-bond donors (Lipinski definition) is 1. The molecule has 24 heavy (non-hydrogen) atoms. The fraction of sp³-hybridized carbons (Fsp3) is 0.333. The second kappa shape index (κ2) is 5.97. The van der Waals surface area contributed by atoms with Crippen LogP contribution < -0.4 is 0 Å². The van der Waals surface area contributed by atoms with Crippen molar-refractivity contribution in [3.63, 3.8) is 0 Å². The van der Waals surface area contributed by atoms with Gasteiger partial charge < -0.3 is 9.47 Å². The number of hydrogen-bond acceptors (Lipinski definition) is 4. The monoisotopic (exact) mass is 346 g/mol. The topological polar surface area (TPSA) is 79.4 Å². The van der Waals surface area contributed by atoms with Crippen molar-refractivity contribution in [1.29, 1.82) is 0 Å². The van der Waals surface area contributed by atoms with Crippen LogP contribution in [0.1, 0.15) is 11.1 Å². The van der Waals surface area contributed by atoms with E-state index in [1.165, 1.54) is 0 Å². The van der Waals surface area contributed by atoms with E-state index in [0.29, 0.717) is 37.2 Å². The highest BCUT2D eigenvalue weighted by Gasteiger charge is 2.32. The molecule has 2 saturated heterocycles. The van der Waals surface area contributed by atoms with Gasteiger partial charge in [-0.2, -0.15) is 8.42 Å². The highest BCUT2D eigenvalue weighted by molar-refractivity contribution is 7.86. The van der Waals surface area contributed by atoms with Gasteiger partial charge in [0.25, 0.3) is 10.1 Å². The van der Waals surface area contributed by atoms with E-state index < -0.39 is 10.1 Å². The third-order valence-corrected chi connectivity index (χ3v) is 5.37. The van der Waals surface area contributed by atoms with Gasteiger partial charge in [0.2, 0.25) is 0 Å². The molecule has 0 aromatic heterocycles. The Bertz CT molecular complexity index is 852. The Labute approximate surface area is 141 Å². The van der Waals surface area contributed by atoms with Crippen molar-refractivity contribution in [3.8, 4) is 11.1 Å². The van der Waals surface area contributed by atoms with E-state index in [1.54, 1.807) is 6.07 Å². The summed E-state index contributed by atoms with van der Waals surface area (Å²) in [5, 5.41) is 0. The van der Waals surface area contributed by atoms with E-state index in [0.717, 1.165) is 11.1 Å². The van der Waals surface area contributed by atoms with E-state index in [9.17, 15) is 13.0 Å². The lowest BCUT2D eigenvalue weighted by Crippen LogP contribution is -2.12. The van der Waals surface area contributed by atoms with Gasteiger partial charge in [0.1, 0.15) is 4.90 Å². The average molecular weight is 346 g/mol. The summed E-state index contributed by atoms with van der Waals surface area (Å²) in [6.07, 6.45) is 1.30. The van der Waals surface area contributed by atoms with E-state index >= 15 is 0 Å². The number of epoxide rings is 2. The quantitative estimate of drug-likeness (QED) is 0.642. The van der Waals surface area contributed by atoms with Gasteiger partial charge in [0.15, 0.2) is 0 Å². The third-order valence-electron chi connectivity index (χ3n) is 4.38. The maximum absolute atomic E-state index is 12.2. The summed E-state index contributed by atoms with van der Waals surface area (Å²) in [6, 6.07) is 13.0. The standard InChI is InChI=1S/C18H18O5S/c19-24(20,21)18-16(12-4-2-1-3-5-12)7-6-13(8-14-10-22-14)17(18)9-15-11-23-15/h1-7,14-15H,8-11H2,(H,19,20,21). The second-order valence-electron chi connectivity index (χ2n) is 6.24. The summed E-state index contributed by atoms with van der Waals surface area (Å²) in [4.78, 5) is 0.00218. The van der Waals surface area contributed by atoms with Gasteiger partial charge in [-0.25, -0.2) is 0 Å². The fourth-order valence-electron chi connectivity index (χ4n) is 3.07. The maximum Gasteiger partial charge on any atom is 0.295 e. The molecule has 2 aliphatic heterocycles. The lowest BCUT2D eigenvalue weighted by atomic mass is 9.94. The van der Waals surface area contributed by atoms with Crippen LogP contribution in [0.3, 0.4) is 0 Å². The molecule has 0 radical (unpaired) electrons. The minimum atomic E-state index is -4.36. The number of benzene rings is 2. The van der Waals surface area contributed by atoms with Gasteiger partial charge in [-0.1, -0.05) is 42.5 Å². The molecule has 2 aromatic carbocycles. The predicted molar refractivity (Wildman–Crippen MR) is 88.6 cm³/mol. The number of rotatable bonds is 6. The van der Waals surface area contributed by atoms with Gasteiger partial charge in [0, 0.05) is 18.4 Å². The largest absolute Gasteiger partial charge is 0.373 e. The van der Waals surface area contributed by atoms with Crippen LogP contribution in [-0.2, 0) is 32.4 Å². The minimum Gasteiger partial charge on any atom is -0.373 e. The number of ether oxygens (including phenoxy) is 2. The van der Waals surface area contributed by atoms with Crippen LogP contribution in [0.15, 0.2) is 47.4 Å². The lowest BCUT2D eigenvalue weighted by Gasteiger charge is -2.16. The average Bonchev–Trinajstić information content (AvgIpc) is 3.44. The van der Waals surface area contributed by atoms with Crippen LogP contribution >= 0.6 is 0 Å². The normalized spacial score (nSPS) is 22.4. The van der Waals surface area contributed by atoms with E-state index in [2.05, 4.69) is 0 Å². The molecule has 2 aromatic rings. The molecule has 2 fully saturated rings. The Hall–Kier alpha value is -1.73. The van der Waals surface area contributed by atoms with Crippen molar-refractivity contribution >= 4 is 10.1 Å². The zero-order valence-electron chi connectivity index (χ0n) is 13.0. The molecule has 0 aliphatic carbocycles. The Morgan fingerprint density at radius 1 is 0.958 bits per heavy atom. The highest BCUT2D eigenvalue weighted by atomic mass is 32.2. The zero-order chi connectivity index (χ0) is 16.7. The molecule has 1 N–H and O–H groups in total.